The van der Waals surface area contributed by atoms with Gasteiger partial charge in [-0.05, 0) is 37.0 Å². The molecule has 1 atom stereocenters. The third-order valence-electron chi connectivity index (χ3n) is 5.14. The van der Waals surface area contributed by atoms with Crippen molar-refractivity contribution >= 4 is 16.9 Å². The van der Waals surface area contributed by atoms with Crippen molar-refractivity contribution in [3.8, 4) is 6.07 Å². The number of fused-ring (bicyclic) bond motifs is 1. The highest BCUT2D eigenvalue weighted by atomic mass is 16.2. The van der Waals surface area contributed by atoms with Crippen molar-refractivity contribution < 1.29 is 4.79 Å². The van der Waals surface area contributed by atoms with Gasteiger partial charge in [0, 0.05) is 32.9 Å². The van der Waals surface area contributed by atoms with Gasteiger partial charge in [-0.15, -0.1) is 0 Å². The Kier molecular flexibility index (Phi) is 4.21. The molecular formula is C20H21N5O. The van der Waals surface area contributed by atoms with E-state index in [1.165, 1.54) is 0 Å². The molecule has 0 spiro atoms. The van der Waals surface area contributed by atoms with Crippen LogP contribution in [-0.4, -0.2) is 38.0 Å². The predicted octanol–water partition coefficient (Wildman–Crippen LogP) is 2.80. The summed E-state index contributed by atoms with van der Waals surface area (Å²) in [7, 11) is 1.81. The number of hydrogen-bond acceptors (Lipinski definition) is 3. The van der Waals surface area contributed by atoms with E-state index >= 15 is 0 Å². The second-order valence-electron chi connectivity index (χ2n) is 6.98. The van der Waals surface area contributed by atoms with E-state index in [1.54, 1.807) is 16.8 Å². The second kappa shape index (κ2) is 6.68. The molecule has 3 heterocycles. The van der Waals surface area contributed by atoms with Gasteiger partial charge in [-0.25, -0.2) is 4.98 Å². The Morgan fingerprint density at radius 2 is 2.23 bits per heavy atom. The molecule has 0 radical (unpaired) electrons. The van der Waals surface area contributed by atoms with Crippen LogP contribution < -0.4 is 0 Å². The summed E-state index contributed by atoms with van der Waals surface area (Å²) >= 11 is 0. The fraction of sp³-hybridized carbons (Fsp3) is 0.350. The second-order valence-corrected chi connectivity index (χ2v) is 6.98. The van der Waals surface area contributed by atoms with Crippen LogP contribution in [0, 0.1) is 17.2 Å². The molecule has 4 rings (SSSR count). The van der Waals surface area contributed by atoms with Gasteiger partial charge in [-0.1, -0.05) is 12.1 Å². The number of hydrogen-bond donors (Lipinski definition) is 0. The zero-order valence-electron chi connectivity index (χ0n) is 14.8. The van der Waals surface area contributed by atoms with E-state index in [9.17, 15) is 4.79 Å². The molecule has 132 valence electrons. The molecule has 6 heteroatoms. The first-order chi connectivity index (χ1) is 12.7. The number of aryl methyl sites for hydroxylation is 1. The summed E-state index contributed by atoms with van der Waals surface area (Å²) in [6, 6.07) is 11.9. The highest BCUT2D eigenvalue weighted by molar-refractivity contribution is 5.93. The van der Waals surface area contributed by atoms with Crippen LogP contribution in [-0.2, 0) is 13.6 Å². The van der Waals surface area contributed by atoms with E-state index in [2.05, 4.69) is 21.7 Å². The molecule has 1 aliphatic rings. The van der Waals surface area contributed by atoms with Crippen LogP contribution in [0.4, 0.5) is 0 Å². The lowest BCUT2D eigenvalue weighted by Gasteiger charge is -2.33. The van der Waals surface area contributed by atoms with Crippen LogP contribution in [0.25, 0.3) is 11.0 Å². The molecule has 26 heavy (non-hydrogen) atoms. The van der Waals surface area contributed by atoms with Crippen molar-refractivity contribution in [2.45, 2.75) is 19.4 Å². The summed E-state index contributed by atoms with van der Waals surface area (Å²) in [5, 5.41) is 9.04. The molecule has 0 aliphatic carbocycles. The predicted molar refractivity (Wildman–Crippen MR) is 98.5 cm³/mol. The molecule has 1 fully saturated rings. The number of carbonyl (C=O) groups is 1. The van der Waals surface area contributed by atoms with Crippen LogP contribution in [0.5, 0.6) is 0 Å². The van der Waals surface area contributed by atoms with Gasteiger partial charge in [0.05, 0.1) is 22.9 Å². The minimum Gasteiger partial charge on any atom is -0.345 e. The van der Waals surface area contributed by atoms with Gasteiger partial charge < -0.3 is 14.0 Å². The lowest BCUT2D eigenvalue weighted by atomic mass is 9.97. The Morgan fingerprint density at radius 1 is 1.38 bits per heavy atom. The van der Waals surface area contributed by atoms with Gasteiger partial charge in [-0.3, -0.25) is 4.79 Å². The molecule has 1 aromatic carbocycles. The monoisotopic (exact) mass is 347 g/mol. The largest absolute Gasteiger partial charge is 0.345 e. The average molecular weight is 347 g/mol. The summed E-state index contributed by atoms with van der Waals surface area (Å²) in [6.07, 6.45) is 5.69. The molecular weight excluding hydrogens is 326 g/mol. The highest BCUT2D eigenvalue weighted by Crippen LogP contribution is 2.22. The molecule has 0 saturated carbocycles. The van der Waals surface area contributed by atoms with E-state index in [-0.39, 0.29) is 5.91 Å². The van der Waals surface area contributed by atoms with E-state index < -0.39 is 0 Å². The topological polar surface area (TPSA) is 66.8 Å². The standard InChI is InChI=1S/C20H21N5O/c1-23-11-16(10-21)9-19(23)20(26)24-8-4-5-15(12-24)13-25-14-22-17-6-2-3-7-18(17)25/h2-3,6-7,9,11,14-15H,4-5,8,12-13H2,1H3. The molecule has 1 saturated heterocycles. The number of piperidine rings is 1. The minimum atomic E-state index is 0.00851. The van der Waals surface area contributed by atoms with Gasteiger partial charge in [0.15, 0.2) is 0 Å². The Hall–Kier alpha value is -3.07. The Morgan fingerprint density at radius 3 is 3.04 bits per heavy atom. The number of nitrogens with zero attached hydrogens (tertiary/aromatic N) is 5. The highest BCUT2D eigenvalue weighted by Gasteiger charge is 2.26. The van der Waals surface area contributed by atoms with Crippen molar-refractivity contribution in [3.63, 3.8) is 0 Å². The number of imidazole rings is 1. The zero-order chi connectivity index (χ0) is 18.1. The number of aromatic nitrogens is 3. The maximum atomic E-state index is 12.9. The number of likely N-dealkylation sites (tertiary alicyclic amines) is 1. The van der Waals surface area contributed by atoms with Crippen LogP contribution in [0.3, 0.4) is 0 Å². The van der Waals surface area contributed by atoms with Crippen LogP contribution in [0.2, 0.25) is 0 Å². The van der Waals surface area contributed by atoms with Crippen molar-refractivity contribution in [1.82, 2.24) is 19.0 Å². The fourth-order valence-corrected chi connectivity index (χ4v) is 3.83. The average Bonchev–Trinajstić information content (AvgIpc) is 3.25. The molecule has 1 amide bonds. The number of para-hydroxylation sites is 2. The van der Waals surface area contributed by atoms with Gasteiger partial charge in [0.25, 0.3) is 5.91 Å². The molecule has 0 bridgehead atoms. The van der Waals surface area contributed by atoms with E-state index in [4.69, 9.17) is 5.26 Å². The van der Waals surface area contributed by atoms with E-state index in [0.29, 0.717) is 17.2 Å². The molecule has 0 N–H and O–H groups in total. The van der Waals surface area contributed by atoms with Gasteiger partial charge in [-0.2, -0.15) is 5.26 Å². The van der Waals surface area contributed by atoms with Crippen LogP contribution >= 0.6 is 0 Å². The Labute approximate surface area is 152 Å². The first-order valence-electron chi connectivity index (χ1n) is 8.91. The van der Waals surface area contributed by atoms with Gasteiger partial charge in [0.1, 0.15) is 11.8 Å². The molecule has 2 aromatic heterocycles. The van der Waals surface area contributed by atoms with Crippen LogP contribution in [0.15, 0.2) is 42.9 Å². The maximum Gasteiger partial charge on any atom is 0.270 e. The lowest BCUT2D eigenvalue weighted by Crippen LogP contribution is -2.41. The van der Waals surface area contributed by atoms with E-state index in [0.717, 1.165) is 43.5 Å². The number of amides is 1. The first-order valence-corrected chi connectivity index (χ1v) is 8.91. The van der Waals surface area contributed by atoms with Crippen molar-refractivity contribution in [1.29, 1.82) is 5.26 Å². The summed E-state index contributed by atoms with van der Waals surface area (Å²) in [5.41, 5.74) is 3.24. The summed E-state index contributed by atoms with van der Waals surface area (Å²) < 4.78 is 3.93. The van der Waals surface area contributed by atoms with Crippen molar-refractivity contribution in [3.05, 3.63) is 54.1 Å². The zero-order valence-corrected chi connectivity index (χ0v) is 14.8. The Balaban J connectivity index is 1.49. The maximum absolute atomic E-state index is 12.9. The number of nitriles is 1. The number of benzene rings is 1. The quantitative estimate of drug-likeness (QED) is 0.732. The molecule has 6 nitrogen and oxygen atoms in total. The minimum absolute atomic E-state index is 0.00851. The third-order valence-corrected chi connectivity index (χ3v) is 5.14. The van der Waals surface area contributed by atoms with E-state index in [1.807, 2.05) is 36.5 Å². The molecule has 3 aromatic rings. The summed E-state index contributed by atoms with van der Waals surface area (Å²) in [5.74, 6) is 0.412. The summed E-state index contributed by atoms with van der Waals surface area (Å²) in [6.45, 7) is 2.37. The normalized spacial score (nSPS) is 17.4. The SMILES string of the molecule is Cn1cc(C#N)cc1C(=O)N1CCCC(Cn2cnc3ccccc32)C1. The van der Waals surface area contributed by atoms with Crippen molar-refractivity contribution in [2.24, 2.45) is 13.0 Å². The molecule has 1 unspecified atom stereocenters. The number of carbonyl (C=O) groups excluding carboxylic acids is 1. The Bertz CT molecular complexity index is 993. The smallest absolute Gasteiger partial charge is 0.270 e. The van der Waals surface area contributed by atoms with Crippen molar-refractivity contribution in [2.75, 3.05) is 13.1 Å². The third kappa shape index (κ3) is 2.97. The van der Waals surface area contributed by atoms with Gasteiger partial charge in [0.2, 0.25) is 0 Å². The fourth-order valence-electron chi connectivity index (χ4n) is 3.83. The molecule has 1 aliphatic heterocycles. The lowest BCUT2D eigenvalue weighted by molar-refractivity contribution is 0.0653. The van der Waals surface area contributed by atoms with Gasteiger partial charge >= 0.3 is 0 Å². The first kappa shape index (κ1) is 16.4. The summed E-state index contributed by atoms with van der Waals surface area (Å²) in [4.78, 5) is 19.3. The van der Waals surface area contributed by atoms with Crippen LogP contribution in [0.1, 0.15) is 28.9 Å². The number of rotatable bonds is 3.